The maximum atomic E-state index is 14.0. The third-order valence-corrected chi connectivity index (χ3v) is 4.53. The van der Waals surface area contributed by atoms with Crippen molar-refractivity contribution in [1.82, 2.24) is 5.32 Å². The summed E-state index contributed by atoms with van der Waals surface area (Å²) in [7, 11) is 0. The Balaban J connectivity index is 2.02. The summed E-state index contributed by atoms with van der Waals surface area (Å²) in [6.07, 6.45) is 2.07. The minimum Gasteiger partial charge on any atom is -0.317 e. The molecule has 1 N–H and O–H groups in total. The van der Waals surface area contributed by atoms with Crippen LogP contribution in [0.25, 0.3) is 11.1 Å². The normalized spacial score (nSPS) is 16.1. The molecule has 0 radical (unpaired) electrons. The second-order valence-corrected chi connectivity index (χ2v) is 6.27. The van der Waals surface area contributed by atoms with Crippen LogP contribution < -0.4 is 5.32 Å². The predicted octanol–water partition coefficient (Wildman–Crippen LogP) is 5.27. The summed E-state index contributed by atoms with van der Waals surface area (Å²) in [4.78, 5) is 0. The van der Waals surface area contributed by atoms with Gasteiger partial charge in [0.2, 0.25) is 0 Å². The quantitative estimate of drug-likeness (QED) is 0.794. The van der Waals surface area contributed by atoms with Crippen molar-refractivity contribution in [3.63, 3.8) is 0 Å². The van der Waals surface area contributed by atoms with Gasteiger partial charge in [0.1, 0.15) is 5.82 Å². The molecule has 0 amide bonds. The lowest BCUT2D eigenvalue weighted by Crippen LogP contribution is -2.26. The van der Waals surface area contributed by atoms with Crippen molar-refractivity contribution in [2.24, 2.45) is 0 Å². The monoisotopic (exact) mass is 323 g/mol. The first-order valence-electron chi connectivity index (χ1n) is 7.10. The van der Waals surface area contributed by atoms with Crippen LogP contribution in [0.4, 0.5) is 4.39 Å². The van der Waals surface area contributed by atoms with Crippen LogP contribution in [-0.4, -0.2) is 13.1 Å². The Morgan fingerprint density at radius 1 is 1.00 bits per heavy atom. The van der Waals surface area contributed by atoms with Crippen molar-refractivity contribution < 1.29 is 4.39 Å². The molecule has 1 aliphatic rings. The summed E-state index contributed by atoms with van der Waals surface area (Å²) >= 11 is 12.3. The van der Waals surface area contributed by atoms with Gasteiger partial charge in [-0.25, -0.2) is 4.39 Å². The lowest BCUT2D eigenvalue weighted by Gasteiger charge is -2.23. The lowest BCUT2D eigenvalue weighted by molar-refractivity contribution is 0.458. The van der Waals surface area contributed by atoms with E-state index in [-0.39, 0.29) is 5.82 Å². The lowest BCUT2D eigenvalue weighted by atomic mass is 9.88. The van der Waals surface area contributed by atoms with Gasteiger partial charge in [-0.1, -0.05) is 29.3 Å². The van der Waals surface area contributed by atoms with E-state index >= 15 is 0 Å². The van der Waals surface area contributed by atoms with E-state index in [1.54, 1.807) is 24.3 Å². The largest absolute Gasteiger partial charge is 0.317 e. The highest BCUT2D eigenvalue weighted by atomic mass is 35.5. The fourth-order valence-corrected chi connectivity index (χ4v) is 3.28. The molecule has 0 atom stereocenters. The molecule has 2 aromatic carbocycles. The molecule has 0 unspecified atom stereocenters. The van der Waals surface area contributed by atoms with Crippen molar-refractivity contribution in [2.75, 3.05) is 13.1 Å². The molecular weight excluding hydrogens is 308 g/mol. The minimum atomic E-state index is -0.225. The van der Waals surface area contributed by atoms with Crippen LogP contribution in [0, 0.1) is 5.82 Å². The number of hydrogen-bond acceptors (Lipinski definition) is 1. The van der Waals surface area contributed by atoms with E-state index in [0.29, 0.717) is 16.0 Å². The smallest absolute Gasteiger partial charge is 0.124 e. The topological polar surface area (TPSA) is 12.0 Å². The summed E-state index contributed by atoms with van der Waals surface area (Å²) in [6.45, 7) is 1.96. The van der Waals surface area contributed by atoms with Gasteiger partial charge in [-0.2, -0.15) is 0 Å². The average molecular weight is 324 g/mol. The van der Waals surface area contributed by atoms with Gasteiger partial charge < -0.3 is 5.32 Å². The molecular formula is C17H16Cl2FN. The van der Waals surface area contributed by atoms with E-state index in [2.05, 4.69) is 5.32 Å². The van der Waals surface area contributed by atoms with Crippen LogP contribution in [0.1, 0.15) is 24.3 Å². The maximum absolute atomic E-state index is 14.0. The summed E-state index contributed by atoms with van der Waals surface area (Å²) in [5.41, 5.74) is 2.61. The Kier molecular flexibility index (Phi) is 4.48. The van der Waals surface area contributed by atoms with Crippen molar-refractivity contribution in [3.05, 3.63) is 57.8 Å². The predicted molar refractivity (Wildman–Crippen MR) is 86.7 cm³/mol. The molecule has 0 saturated carbocycles. The molecule has 3 rings (SSSR count). The molecule has 0 aromatic heterocycles. The van der Waals surface area contributed by atoms with Crippen LogP contribution >= 0.6 is 23.2 Å². The summed E-state index contributed by atoms with van der Waals surface area (Å²) in [6, 6.07) is 10.5. The highest BCUT2D eigenvalue weighted by Crippen LogP contribution is 2.34. The fraction of sp³-hybridized carbons (Fsp3) is 0.294. The van der Waals surface area contributed by atoms with E-state index in [1.165, 1.54) is 6.07 Å². The number of nitrogens with one attached hydrogen (secondary N) is 1. The van der Waals surface area contributed by atoms with E-state index in [1.807, 2.05) is 6.07 Å². The van der Waals surface area contributed by atoms with E-state index in [4.69, 9.17) is 23.2 Å². The minimum absolute atomic E-state index is 0.225. The third-order valence-electron chi connectivity index (χ3n) is 3.97. The van der Waals surface area contributed by atoms with Gasteiger partial charge in [0.05, 0.1) is 0 Å². The molecule has 1 aliphatic heterocycles. The second kappa shape index (κ2) is 6.35. The van der Waals surface area contributed by atoms with Crippen LogP contribution in [0.15, 0.2) is 36.4 Å². The Morgan fingerprint density at radius 3 is 2.52 bits per heavy atom. The van der Waals surface area contributed by atoms with Gasteiger partial charge in [0, 0.05) is 15.6 Å². The van der Waals surface area contributed by atoms with Crippen molar-refractivity contribution in [1.29, 1.82) is 0 Å². The number of piperidine rings is 1. The Bertz CT molecular complexity index is 651. The highest BCUT2D eigenvalue weighted by Gasteiger charge is 2.17. The van der Waals surface area contributed by atoms with Gasteiger partial charge in [-0.05, 0) is 73.3 Å². The summed E-state index contributed by atoms with van der Waals surface area (Å²) in [5, 5.41) is 4.51. The van der Waals surface area contributed by atoms with E-state index < -0.39 is 0 Å². The van der Waals surface area contributed by atoms with Crippen molar-refractivity contribution in [2.45, 2.75) is 18.8 Å². The van der Waals surface area contributed by atoms with Crippen LogP contribution in [0.5, 0.6) is 0 Å². The molecule has 1 saturated heterocycles. The zero-order valence-corrected chi connectivity index (χ0v) is 13.0. The SMILES string of the molecule is Fc1cc(-c2cc(Cl)ccc2Cl)cc(C2CCNCC2)c1. The number of halogens is 3. The van der Waals surface area contributed by atoms with Gasteiger partial charge in [0.15, 0.2) is 0 Å². The van der Waals surface area contributed by atoms with Gasteiger partial charge in [-0.15, -0.1) is 0 Å². The number of rotatable bonds is 2. The first-order chi connectivity index (χ1) is 10.1. The molecule has 4 heteroatoms. The van der Waals surface area contributed by atoms with Crippen LogP contribution in [-0.2, 0) is 0 Å². The first kappa shape index (κ1) is 14.8. The number of hydrogen-bond donors (Lipinski definition) is 1. The molecule has 0 bridgehead atoms. The van der Waals surface area contributed by atoms with Gasteiger partial charge in [0.25, 0.3) is 0 Å². The average Bonchev–Trinajstić information content (AvgIpc) is 2.50. The molecule has 0 aliphatic carbocycles. The van der Waals surface area contributed by atoms with Crippen LogP contribution in [0.3, 0.4) is 0 Å². The molecule has 1 nitrogen and oxygen atoms in total. The molecule has 2 aromatic rings. The van der Waals surface area contributed by atoms with Crippen molar-refractivity contribution in [3.8, 4) is 11.1 Å². The first-order valence-corrected chi connectivity index (χ1v) is 7.86. The maximum Gasteiger partial charge on any atom is 0.124 e. The fourth-order valence-electron chi connectivity index (χ4n) is 2.88. The summed E-state index contributed by atoms with van der Waals surface area (Å²) < 4.78 is 14.0. The Hall–Kier alpha value is -1.09. The third kappa shape index (κ3) is 3.39. The van der Waals surface area contributed by atoms with Crippen LogP contribution in [0.2, 0.25) is 10.0 Å². The molecule has 110 valence electrons. The molecule has 1 heterocycles. The number of benzene rings is 2. The Morgan fingerprint density at radius 2 is 1.76 bits per heavy atom. The Labute approximate surface area is 134 Å². The highest BCUT2D eigenvalue weighted by molar-refractivity contribution is 6.35. The molecule has 1 fully saturated rings. The zero-order chi connectivity index (χ0) is 14.8. The van der Waals surface area contributed by atoms with Gasteiger partial charge >= 0.3 is 0 Å². The molecule has 21 heavy (non-hydrogen) atoms. The van der Waals surface area contributed by atoms with Gasteiger partial charge in [-0.3, -0.25) is 0 Å². The second-order valence-electron chi connectivity index (χ2n) is 5.42. The molecule has 0 spiro atoms. The summed E-state index contributed by atoms with van der Waals surface area (Å²) in [5.74, 6) is 0.177. The standard InChI is InChI=1S/C17H16Cl2FN/c18-14-1-2-17(19)16(10-14)13-7-12(8-15(20)9-13)11-3-5-21-6-4-11/h1-2,7-11,21H,3-6H2. The van der Waals surface area contributed by atoms with Crippen molar-refractivity contribution >= 4 is 23.2 Å². The van der Waals surface area contributed by atoms with E-state index in [9.17, 15) is 4.39 Å². The van der Waals surface area contributed by atoms with E-state index in [0.717, 1.165) is 42.6 Å². The zero-order valence-electron chi connectivity index (χ0n) is 11.5.